The Morgan fingerprint density at radius 2 is 1.78 bits per heavy atom. The molecule has 0 saturated carbocycles. The Labute approximate surface area is 217 Å². The number of aromatic nitrogens is 4. The molecule has 0 fully saturated rings. The van der Waals surface area contributed by atoms with Gasteiger partial charge in [-0.05, 0) is 48.7 Å². The molecule has 0 spiro atoms. The van der Waals surface area contributed by atoms with Gasteiger partial charge in [0, 0.05) is 38.3 Å². The Bertz CT molecular complexity index is 1560. The summed E-state index contributed by atoms with van der Waals surface area (Å²) >= 11 is 0. The lowest BCUT2D eigenvalue weighted by Crippen LogP contribution is -2.14. The zero-order valence-electron chi connectivity index (χ0n) is 21.8. The lowest BCUT2D eigenvalue weighted by molar-refractivity contribution is 0.234. The number of nitrogens with zero attached hydrogens (tertiary/aromatic N) is 5. The fourth-order valence-electron chi connectivity index (χ4n) is 4.75. The number of fused-ring (bicyclic) bond motifs is 1. The molecular weight excluding hydrogens is 462 g/mol. The van der Waals surface area contributed by atoms with E-state index in [4.69, 9.17) is 14.7 Å². The van der Waals surface area contributed by atoms with Gasteiger partial charge in [0.15, 0.2) is 0 Å². The number of hydrogen-bond donors (Lipinski definition) is 1. The molecule has 0 aliphatic rings. The second-order valence-corrected chi connectivity index (χ2v) is 9.54. The van der Waals surface area contributed by atoms with E-state index in [9.17, 15) is 5.11 Å². The summed E-state index contributed by atoms with van der Waals surface area (Å²) in [5.41, 5.74) is 8.11. The van der Waals surface area contributed by atoms with Crippen molar-refractivity contribution in [3.8, 4) is 39.5 Å². The molecular formula is C30H31N5O2. The number of ether oxygens (including phenoxy) is 1. The summed E-state index contributed by atoms with van der Waals surface area (Å²) in [4.78, 5) is 16.1. The fraction of sp³-hybridized carbons (Fsp3) is 0.233. The van der Waals surface area contributed by atoms with Gasteiger partial charge in [0.25, 0.3) is 0 Å². The van der Waals surface area contributed by atoms with Crippen LogP contribution in [0.1, 0.15) is 19.4 Å². The zero-order chi connectivity index (χ0) is 26.1. The van der Waals surface area contributed by atoms with Crippen LogP contribution in [-0.2, 0) is 13.7 Å². The topological polar surface area (TPSA) is 76.3 Å². The molecule has 0 aliphatic heterocycles. The van der Waals surface area contributed by atoms with Crippen molar-refractivity contribution in [3.63, 3.8) is 0 Å². The third kappa shape index (κ3) is 4.54. The van der Waals surface area contributed by atoms with E-state index in [-0.39, 0.29) is 12.7 Å². The Morgan fingerprint density at radius 1 is 1.00 bits per heavy atom. The molecule has 3 aromatic heterocycles. The highest BCUT2D eigenvalue weighted by Crippen LogP contribution is 2.44. The van der Waals surface area contributed by atoms with E-state index < -0.39 is 0 Å². The van der Waals surface area contributed by atoms with Crippen LogP contribution in [0.4, 0.5) is 5.69 Å². The number of anilines is 1. The highest BCUT2D eigenvalue weighted by Gasteiger charge is 2.22. The number of aryl methyl sites for hydroxylation is 1. The van der Waals surface area contributed by atoms with E-state index in [1.54, 1.807) is 18.7 Å². The number of imidazole rings is 1. The maximum absolute atomic E-state index is 10.3. The standard InChI is InChI=1S/C30H31N5O2/c1-19(2)37-30-27(20-9-7-6-8-10-20)29(34(3)4)23-15-21(11-12-24(23)33-30)26-22(17-36)13-14-32-28(26)25-16-31-18-35(25)5/h6-16,18-19,36H,17H2,1-5H3. The second-order valence-electron chi connectivity index (χ2n) is 9.54. The summed E-state index contributed by atoms with van der Waals surface area (Å²) in [5, 5.41) is 11.2. The van der Waals surface area contributed by atoms with E-state index in [0.29, 0.717) is 5.88 Å². The summed E-state index contributed by atoms with van der Waals surface area (Å²) in [6.07, 6.45) is 5.26. The maximum Gasteiger partial charge on any atom is 0.224 e. The molecule has 0 unspecified atom stereocenters. The molecule has 2 aromatic carbocycles. The van der Waals surface area contributed by atoms with Crippen molar-refractivity contribution in [3.05, 3.63) is 78.9 Å². The molecule has 5 aromatic rings. The van der Waals surface area contributed by atoms with Gasteiger partial charge < -0.3 is 19.3 Å². The van der Waals surface area contributed by atoms with Crippen molar-refractivity contribution in [2.75, 3.05) is 19.0 Å². The quantitative estimate of drug-likeness (QED) is 0.313. The number of hydrogen-bond acceptors (Lipinski definition) is 6. The monoisotopic (exact) mass is 493 g/mol. The smallest absolute Gasteiger partial charge is 0.224 e. The molecule has 3 heterocycles. The summed E-state index contributed by atoms with van der Waals surface area (Å²) in [7, 11) is 6.02. The van der Waals surface area contributed by atoms with Crippen LogP contribution in [0.5, 0.6) is 5.88 Å². The molecule has 188 valence electrons. The second kappa shape index (κ2) is 10.0. The van der Waals surface area contributed by atoms with E-state index in [0.717, 1.165) is 55.8 Å². The number of aliphatic hydroxyl groups is 1. The van der Waals surface area contributed by atoms with Crippen LogP contribution < -0.4 is 9.64 Å². The molecule has 0 saturated heterocycles. The average Bonchev–Trinajstić information content (AvgIpc) is 3.32. The van der Waals surface area contributed by atoms with E-state index in [1.165, 1.54) is 0 Å². The van der Waals surface area contributed by atoms with Crippen molar-refractivity contribution < 1.29 is 9.84 Å². The van der Waals surface area contributed by atoms with E-state index >= 15 is 0 Å². The number of rotatable bonds is 7. The number of aliphatic hydroxyl groups excluding tert-OH is 1. The first-order valence-electron chi connectivity index (χ1n) is 12.3. The highest BCUT2D eigenvalue weighted by atomic mass is 16.5. The van der Waals surface area contributed by atoms with Gasteiger partial charge in [0.2, 0.25) is 5.88 Å². The van der Waals surface area contributed by atoms with Gasteiger partial charge >= 0.3 is 0 Å². The van der Waals surface area contributed by atoms with Crippen LogP contribution in [0.25, 0.3) is 44.5 Å². The van der Waals surface area contributed by atoms with Crippen LogP contribution in [-0.4, -0.2) is 44.8 Å². The van der Waals surface area contributed by atoms with Gasteiger partial charge in [-0.15, -0.1) is 0 Å². The van der Waals surface area contributed by atoms with Gasteiger partial charge in [-0.1, -0.05) is 36.4 Å². The molecule has 7 heteroatoms. The third-order valence-electron chi connectivity index (χ3n) is 6.34. The summed E-state index contributed by atoms with van der Waals surface area (Å²) in [5.74, 6) is 0.609. The first-order chi connectivity index (χ1) is 17.9. The normalized spacial score (nSPS) is 11.3. The van der Waals surface area contributed by atoms with E-state index in [2.05, 4.69) is 28.1 Å². The average molecular weight is 494 g/mol. The predicted octanol–water partition coefficient (Wildman–Crippen LogP) is 5.71. The Kier molecular flexibility index (Phi) is 6.63. The lowest BCUT2D eigenvalue weighted by atomic mass is 9.94. The summed E-state index contributed by atoms with van der Waals surface area (Å²) < 4.78 is 8.18. The maximum atomic E-state index is 10.3. The van der Waals surface area contributed by atoms with Gasteiger partial charge in [0.1, 0.15) is 0 Å². The zero-order valence-corrected chi connectivity index (χ0v) is 21.8. The molecule has 0 radical (unpaired) electrons. The summed E-state index contributed by atoms with van der Waals surface area (Å²) in [6.45, 7) is 3.92. The SMILES string of the molecule is CC(C)Oc1nc2ccc(-c3c(CO)ccnc3-c3cncn3C)cc2c(N(C)C)c1-c1ccccc1. The van der Waals surface area contributed by atoms with Crippen LogP contribution in [0, 0.1) is 0 Å². The minimum atomic E-state index is -0.101. The van der Waals surface area contributed by atoms with E-state index in [1.807, 2.05) is 76.0 Å². The van der Waals surface area contributed by atoms with Crippen molar-refractivity contribution in [1.29, 1.82) is 0 Å². The first kappa shape index (κ1) is 24.5. The summed E-state index contributed by atoms with van der Waals surface area (Å²) in [6, 6.07) is 18.3. The first-order valence-corrected chi connectivity index (χ1v) is 12.3. The minimum Gasteiger partial charge on any atom is -0.474 e. The van der Waals surface area contributed by atoms with Crippen molar-refractivity contribution in [2.45, 2.75) is 26.6 Å². The fourth-order valence-corrected chi connectivity index (χ4v) is 4.75. The predicted molar refractivity (Wildman–Crippen MR) is 149 cm³/mol. The Morgan fingerprint density at radius 3 is 2.43 bits per heavy atom. The third-order valence-corrected chi connectivity index (χ3v) is 6.34. The molecule has 0 atom stereocenters. The molecule has 7 nitrogen and oxygen atoms in total. The molecule has 37 heavy (non-hydrogen) atoms. The highest BCUT2D eigenvalue weighted by molar-refractivity contribution is 6.04. The minimum absolute atomic E-state index is 0.0225. The largest absolute Gasteiger partial charge is 0.474 e. The van der Waals surface area contributed by atoms with Crippen molar-refractivity contribution >= 4 is 16.6 Å². The number of pyridine rings is 2. The van der Waals surface area contributed by atoms with Gasteiger partial charge in [0.05, 0.1) is 53.4 Å². The van der Waals surface area contributed by atoms with Crippen molar-refractivity contribution in [1.82, 2.24) is 19.5 Å². The van der Waals surface area contributed by atoms with Crippen LogP contribution in [0.3, 0.4) is 0 Å². The molecule has 0 bridgehead atoms. The Hall–Kier alpha value is -4.23. The van der Waals surface area contributed by atoms with Gasteiger partial charge in [-0.3, -0.25) is 4.98 Å². The van der Waals surface area contributed by atoms with Crippen LogP contribution >= 0.6 is 0 Å². The lowest BCUT2D eigenvalue weighted by Gasteiger charge is -2.24. The molecule has 5 rings (SSSR count). The van der Waals surface area contributed by atoms with Gasteiger partial charge in [-0.25, -0.2) is 9.97 Å². The Balaban J connectivity index is 1.83. The molecule has 1 N–H and O–H groups in total. The van der Waals surface area contributed by atoms with Gasteiger partial charge in [-0.2, -0.15) is 0 Å². The van der Waals surface area contributed by atoms with Crippen LogP contribution in [0.2, 0.25) is 0 Å². The number of benzene rings is 2. The van der Waals surface area contributed by atoms with Crippen molar-refractivity contribution in [2.24, 2.45) is 7.05 Å². The molecule has 0 aliphatic carbocycles. The molecule has 0 amide bonds. The van der Waals surface area contributed by atoms with Crippen LogP contribution in [0.15, 0.2) is 73.3 Å².